The molecule has 0 spiro atoms. The molecular weight excluding hydrogens is 423 g/mol. The topological polar surface area (TPSA) is 49.4 Å². The third-order valence-electron chi connectivity index (χ3n) is 5.15. The molecule has 3 rings (SSSR count). The standard InChI is InChI=1S/C26H27FN2O2S/c1-28-26(31)24(16-20-10-4-2-5-11-20)29(17-21-12-6-3-7-13-21)25(30)19-32-18-22-14-8-9-15-23(22)27/h2-15,24H,16-19H2,1H3,(H,28,31)/t24-/m1/s1. The summed E-state index contributed by atoms with van der Waals surface area (Å²) in [5.41, 5.74) is 2.49. The van der Waals surface area contributed by atoms with E-state index in [1.165, 1.54) is 17.8 Å². The number of thioether (sulfide) groups is 1. The highest BCUT2D eigenvalue weighted by atomic mass is 32.2. The second-order valence-electron chi connectivity index (χ2n) is 7.41. The quantitative estimate of drug-likeness (QED) is 0.497. The molecule has 2 amide bonds. The van der Waals surface area contributed by atoms with Crippen LogP contribution in [0.5, 0.6) is 0 Å². The number of likely N-dealkylation sites (N-methyl/N-ethyl adjacent to an activating group) is 1. The zero-order valence-electron chi connectivity index (χ0n) is 18.0. The molecule has 166 valence electrons. The molecule has 3 aromatic rings. The molecule has 0 unspecified atom stereocenters. The normalized spacial score (nSPS) is 11.6. The Bertz CT molecular complexity index is 1010. The molecular formula is C26H27FN2O2S. The summed E-state index contributed by atoms with van der Waals surface area (Å²) in [5, 5.41) is 2.71. The van der Waals surface area contributed by atoms with Gasteiger partial charge in [-0.2, -0.15) is 0 Å². The van der Waals surface area contributed by atoms with Gasteiger partial charge in [0.25, 0.3) is 0 Å². The SMILES string of the molecule is CNC(=O)[C@@H](Cc1ccccc1)N(Cc1ccccc1)C(=O)CSCc1ccccc1F. The minimum absolute atomic E-state index is 0.153. The van der Waals surface area contributed by atoms with Crippen molar-refractivity contribution in [2.45, 2.75) is 24.8 Å². The van der Waals surface area contributed by atoms with Gasteiger partial charge in [-0.05, 0) is 22.8 Å². The minimum Gasteiger partial charge on any atom is -0.357 e. The van der Waals surface area contributed by atoms with E-state index >= 15 is 0 Å². The summed E-state index contributed by atoms with van der Waals surface area (Å²) in [7, 11) is 1.58. The van der Waals surface area contributed by atoms with Crippen LogP contribution in [0.15, 0.2) is 84.9 Å². The summed E-state index contributed by atoms with van der Waals surface area (Å²) in [6.07, 6.45) is 0.414. The van der Waals surface area contributed by atoms with Crippen molar-refractivity contribution >= 4 is 23.6 Å². The molecule has 0 aliphatic carbocycles. The van der Waals surface area contributed by atoms with Crippen LogP contribution in [0.1, 0.15) is 16.7 Å². The molecule has 0 fully saturated rings. The first-order valence-corrected chi connectivity index (χ1v) is 11.6. The molecule has 4 nitrogen and oxygen atoms in total. The van der Waals surface area contributed by atoms with Crippen LogP contribution in [0.25, 0.3) is 0 Å². The number of hydrogen-bond acceptors (Lipinski definition) is 3. The molecule has 0 heterocycles. The average Bonchev–Trinajstić information content (AvgIpc) is 2.83. The van der Waals surface area contributed by atoms with Crippen molar-refractivity contribution < 1.29 is 14.0 Å². The van der Waals surface area contributed by atoms with Gasteiger partial charge in [0.2, 0.25) is 11.8 Å². The Balaban J connectivity index is 1.79. The lowest BCUT2D eigenvalue weighted by Crippen LogP contribution is -2.50. The van der Waals surface area contributed by atoms with E-state index in [1.807, 2.05) is 60.7 Å². The van der Waals surface area contributed by atoms with E-state index in [1.54, 1.807) is 30.1 Å². The van der Waals surface area contributed by atoms with Crippen LogP contribution in [0, 0.1) is 5.82 Å². The first-order valence-electron chi connectivity index (χ1n) is 10.5. The maximum absolute atomic E-state index is 13.9. The maximum atomic E-state index is 13.9. The lowest BCUT2D eigenvalue weighted by molar-refractivity contribution is -0.139. The highest BCUT2D eigenvalue weighted by Gasteiger charge is 2.29. The summed E-state index contributed by atoms with van der Waals surface area (Å²) in [5.74, 6) is -0.0949. The van der Waals surface area contributed by atoms with Crippen LogP contribution in [0.3, 0.4) is 0 Å². The molecule has 0 aliphatic rings. The first kappa shape index (κ1) is 23.5. The van der Waals surface area contributed by atoms with Crippen LogP contribution in [-0.2, 0) is 28.3 Å². The zero-order chi connectivity index (χ0) is 22.8. The van der Waals surface area contributed by atoms with Gasteiger partial charge >= 0.3 is 0 Å². The maximum Gasteiger partial charge on any atom is 0.242 e. The zero-order valence-corrected chi connectivity index (χ0v) is 18.9. The van der Waals surface area contributed by atoms with Gasteiger partial charge in [-0.1, -0.05) is 78.9 Å². The Hall–Kier alpha value is -3.12. The molecule has 32 heavy (non-hydrogen) atoms. The van der Waals surface area contributed by atoms with Crippen molar-refractivity contribution in [2.24, 2.45) is 0 Å². The van der Waals surface area contributed by atoms with E-state index in [-0.39, 0.29) is 23.4 Å². The Morgan fingerprint density at radius 1 is 0.906 bits per heavy atom. The summed E-state index contributed by atoms with van der Waals surface area (Å²) >= 11 is 1.35. The minimum atomic E-state index is -0.649. The molecule has 0 aromatic heterocycles. The molecule has 0 aliphatic heterocycles. The Morgan fingerprint density at radius 3 is 2.12 bits per heavy atom. The molecule has 3 aromatic carbocycles. The van der Waals surface area contributed by atoms with Crippen LogP contribution in [-0.4, -0.2) is 35.6 Å². The number of nitrogens with one attached hydrogen (secondary N) is 1. The van der Waals surface area contributed by atoms with Crippen molar-refractivity contribution in [2.75, 3.05) is 12.8 Å². The molecule has 0 bridgehead atoms. The van der Waals surface area contributed by atoms with E-state index in [4.69, 9.17) is 0 Å². The summed E-state index contributed by atoms with van der Waals surface area (Å²) < 4.78 is 13.9. The largest absolute Gasteiger partial charge is 0.357 e. The summed E-state index contributed by atoms with van der Waals surface area (Å²) in [6.45, 7) is 0.324. The van der Waals surface area contributed by atoms with E-state index in [0.717, 1.165) is 11.1 Å². The van der Waals surface area contributed by atoms with E-state index in [0.29, 0.717) is 24.3 Å². The molecule has 1 atom stereocenters. The predicted octanol–water partition coefficient (Wildman–Crippen LogP) is 4.45. The summed E-state index contributed by atoms with van der Waals surface area (Å²) in [6, 6.07) is 25.2. The smallest absolute Gasteiger partial charge is 0.242 e. The number of nitrogens with zero attached hydrogens (tertiary/aromatic N) is 1. The third-order valence-corrected chi connectivity index (χ3v) is 6.12. The van der Waals surface area contributed by atoms with Crippen molar-refractivity contribution in [3.05, 3.63) is 107 Å². The predicted molar refractivity (Wildman–Crippen MR) is 128 cm³/mol. The fraction of sp³-hybridized carbons (Fsp3) is 0.231. The second-order valence-corrected chi connectivity index (χ2v) is 8.40. The molecule has 0 saturated carbocycles. The Kier molecular flexibility index (Phi) is 8.87. The first-order chi connectivity index (χ1) is 15.6. The average molecular weight is 451 g/mol. The van der Waals surface area contributed by atoms with Gasteiger partial charge in [0.05, 0.1) is 5.75 Å². The Labute approximate surface area is 192 Å². The number of amides is 2. The number of hydrogen-bond donors (Lipinski definition) is 1. The number of benzene rings is 3. The van der Waals surface area contributed by atoms with Crippen molar-refractivity contribution in [1.82, 2.24) is 10.2 Å². The number of rotatable bonds is 10. The van der Waals surface area contributed by atoms with Gasteiger partial charge < -0.3 is 10.2 Å². The number of carbonyl (C=O) groups is 2. The summed E-state index contributed by atoms with van der Waals surface area (Å²) in [4.78, 5) is 27.8. The molecule has 1 N–H and O–H groups in total. The van der Waals surface area contributed by atoms with Crippen molar-refractivity contribution in [3.63, 3.8) is 0 Å². The van der Waals surface area contributed by atoms with Gasteiger partial charge in [0, 0.05) is 25.8 Å². The lowest BCUT2D eigenvalue weighted by atomic mass is 10.0. The molecule has 6 heteroatoms. The van der Waals surface area contributed by atoms with Gasteiger partial charge in [-0.25, -0.2) is 4.39 Å². The van der Waals surface area contributed by atoms with E-state index in [2.05, 4.69) is 5.32 Å². The van der Waals surface area contributed by atoms with Gasteiger partial charge in [-0.15, -0.1) is 11.8 Å². The van der Waals surface area contributed by atoms with Crippen LogP contribution >= 0.6 is 11.8 Å². The Morgan fingerprint density at radius 2 is 1.50 bits per heavy atom. The highest BCUT2D eigenvalue weighted by molar-refractivity contribution is 7.99. The number of carbonyl (C=O) groups excluding carboxylic acids is 2. The fourth-order valence-electron chi connectivity index (χ4n) is 3.45. The third kappa shape index (κ3) is 6.69. The monoisotopic (exact) mass is 450 g/mol. The van der Waals surface area contributed by atoms with Gasteiger partial charge in [0.1, 0.15) is 11.9 Å². The molecule has 0 saturated heterocycles. The van der Waals surface area contributed by atoms with E-state index in [9.17, 15) is 14.0 Å². The van der Waals surface area contributed by atoms with Crippen LogP contribution in [0.4, 0.5) is 4.39 Å². The van der Waals surface area contributed by atoms with Crippen molar-refractivity contribution in [1.29, 1.82) is 0 Å². The van der Waals surface area contributed by atoms with Gasteiger partial charge in [0.15, 0.2) is 0 Å². The number of halogens is 1. The fourth-order valence-corrected chi connectivity index (χ4v) is 4.34. The van der Waals surface area contributed by atoms with Crippen molar-refractivity contribution in [3.8, 4) is 0 Å². The van der Waals surface area contributed by atoms with Crippen LogP contribution < -0.4 is 5.32 Å². The lowest BCUT2D eigenvalue weighted by Gasteiger charge is -2.31. The van der Waals surface area contributed by atoms with E-state index < -0.39 is 6.04 Å². The second kappa shape index (κ2) is 12.1. The van der Waals surface area contributed by atoms with Gasteiger partial charge in [-0.3, -0.25) is 9.59 Å². The highest BCUT2D eigenvalue weighted by Crippen LogP contribution is 2.19. The van der Waals surface area contributed by atoms with Crippen LogP contribution in [0.2, 0.25) is 0 Å². The molecule has 0 radical (unpaired) electrons.